The van der Waals surface area contributed by atoms with Crippen LogP contribution in [0.1, 0.15) is 24.0 Å². The van der Waals surface area contributed by atoms with Crippen LogP contribution in [0.3, 0.4) is 0 Å². The summed E-state index contributed by atoms with van der Waals surface area (Å²) in [5.74, 6) is 0. The molecule has 1 aliphatic heterocycles. The zero-order valence-corrected chi connectivity index (χ0v) is 15.0. The summed E-state index contributed by atoms with van der Waals surface area (Å²) in [7, 11) is 0. The van der Waals surface area contributed by atoms with Gasteiger partial charge in [0.2, 0.25) is 0 Å². The molecule has 0 amide bonds. The maximum absolute atomic E-state index is 5.94. The minimum atomic E-state index is 0.342. The molecule has 0 aliphatic carbocycles. The van der Waals surface area contributed by atoms with E-state index in [9.17, 15) is 0 Å². The third kappa shape index (κ3) is 5.30. The van der Waals surface area contributed by atoms with Gasteiger partial charge in [-0.05, 0) is 31.1 Å². The molecule has 0 spiro atoms. The van der Waals surface area contributed by atoms with Gasteiger partial charge in [-0.3, -0.25) is 4.90 Å². The second kappa shape index (κ2) is 9.16. The third-order valence-electron chi connectivity index (χ3n) is 4.33. The van der Waals surface area contributed by atoms with Gasteiger partial charge in [0.25, 0.3) is 0 Å². The number of aromatic nitrogens is 2. The first kappa shape index (κ1) is 17.4. The highest BCUT2D eigenvalue weighted by Gasteiger charge is 2.20. The summed E-state index contributed by atoms with van der Waals surface area (Å²) in [5, 5.41) is 0.833. The van der Waals surface area contributed by atoms with Gasteiger partial charge in [-0.1, -0.05) is 42.1 Å². The maximum Gasteiger partial charge on any atom is 0.187 e. The van der Waals surface area contributed by atoms with Crippen LogP contribution >= 0.6 is 11.8 Å². The third-order valence-corrected chi connectivity index (χ3v) is 4.90. The summed E-state index contributed by atoms with van der Waals surface area (Å²) in [6, 6.07) is 10.7. The number of ether oxygens (including phenoxy) is 1. The zero-order valence-electron chi connectivity index (χ0n) is 14.2. The standard InChI is InChI=1S/C19H25N3OS/c1-24-19-20-12-17(13-21-19)14-22-10-11-23-18(15-22)9-5-8-16-6-3-2-4-7-16/h2-4,6-7,12-13,18H,5,8-11,14-15H2,1H3. The maximum atomic E-state index is 5.94. The van der Waals surface area contributed by atoms with Gasteiger partial charge in [0.15, 0.2) is 5.16 Å². The van der Waals surface area contributed by atoms with Crippen LogP contribution in [0, 0.1) is 0 Å². The summed E-state index contributed by atoms with van der Waals surface area (Å²) in [6.45, 7) is 3.71. The molecule has 128 valence electrons. The van der Waals surface area contributed by atoms with E-state index in [2.05, 4.69) is 45.2 Å². The summed E-state index contributed by atoms with van der Waals surface area (Å²) >= 11 is 1.58. The lowest BCUT2D eigenvalue weighted by molar-refractivity contribution is -0.0355. The smallest absolute Gasteiger partial charge is 0.187 e. The largest absolute Gasteiger partial charge is 0.376 e. The second-order valence-corrected chi connectivity index (χ2v) is 6.96. The fraction of sp³-hybridized carbons (Fsp3) is 0.474. The molecule has 5 heteroatoms. The van der Waals surface area contributed by atoms with E-state index in [0.717, 1.165) is 44.2 Å². The summed E-state index contributed by atoms with van der Waals surface area (Å²) in [5.41, 5.74) is 2.59. The first-order valence-electron chi connectivity index (χ1n) is 8.56. The van der Waals surface area contributed by atoms with Crippen molar-refractivity contribution < 1.29 is 4.74 Å². The van der Waals surface area contributed by atoms with Crippen LogP contribution in [-0.4, -0.2) is 46.9 Å². The lowest BCUT2D eigenvalue weighted by Gasteiger charge is -2.33. The van der Waals surface area contributed by atoms with Gasteiger partial charge in [-0.15, -0.1) is 0 Å². The molecule has 1 fully saturated rings. The topological polar surface area (TPSA) is 38.2 Å². The Bertz CT molecular complexity index is 606. The lowest BCUT2D eigenvalue weighted by atomic mass is 10.0. The van der Waals surface area contributed by atoms with Gasteiger partial charge in [-0.25, -0.2) is 9.97 Å². The molecular formula is C19H25N3OS. The minimum Gasteiger partial charge on any atom is -0.376 e. The van der Waals surface area contributed by atoms with Crippen molar-refractivity contribution in [3.05, 3.63) is 53.9 Å². The van der Waals surface area contributed by atoms with Gasteiger partial charge >= 0.3 is 0 Å². The highest BCUT2D eigenvalue weighted by molar-refractivity contribution is 7.98. The summed E-state index contributed by atoms with van der Waals surface area (Å²) in [6.07, 6.45) is 9.65. The minimum absolute atomic E-state index is 0.342. The van der Waals surface area contributed by atoms with Crippen molar-refractivity contribution in [3.63, 3.8) is 0 Å². The van der Waals surface area contributed by atoms with Gasteiger partial charge in [0.05, 0.1) is 12.7 Å². The molecule has 3 rings (SSSR count). The predicted molar refractivity (Wildman–Crippen MR) is 98.2 cm³/mol. The molecule has 1 aromatic heterocycles. The van der Waals surface area contributed by atoms with Gasteiger partial charge in [0.1, 0.15) is 0 Å². The molecule has 0 saturated carbocycles. The molecule has 4 nitrogen and oxygen atoms in total. The molecular weight excluding hydrogens is 318 g/mol. The molecule has 1 aromatic carbocycles. The van der Waals surface area contributed by atoms with E-state index in [-0.39, 0.29) is 0 Å². The van der Waals surface area contributed by atoms with Crippen molar-refractivity contribution in [2.24, 2.45) is 0 Å². The van der Waals surface area contributed by atoms with Crippen molar-refractivity contribution in [2.45, 2.75) is 37.1 Å². The van der Waals surface area contributed by atoms with Crippen LogP contribution in [0.4, 0.5) is 0 Å². The highest BCUT2D eigenvalue weighted by atomic mass is 32.2. The number of nitrogens with zero attached hydrogens (tertiary/aromatic N) is 3. The van der Waals surface area contributed by atoms with Crippen LogP contribution in [0.2, 0.25) is 0 Å². The summed E-state index contributed by atoms with van der Waals surface area (Å²) in [4.78, 5) is 11.2. The first-order valence-corrected chi connectivity index (χ1v) is 9.79. The normalized spacial score (nSPS) is 18.6. The molecule has 0 radical (unpaired) electrons. The Morgan fingerprint density at radius 2 is 1.96 bits per heavy atom. The number of hydrogen-bond acceptors (Lipinski definition) is 5. The van der Waals surface area contributed by atoms with E-state index < -0.39 is 0 Å². The van der Waals surface area contributed by atoms with Crippen molar-refractivity contribution in [3.8, 4) is 0 Å². The van der Waals surface area contributed by atoms with Crippen molar-refractivity contribution in [2.75, 3.05) is 26.0 Å². The lowest BCUT2D eigenvalue weighted by Crippen LogP contribution is -2.41. The van der Waals surface area contributed by atoms with Crippen molar-refractivity contribution >= 4 is 11.8 Å². The van der Waals surface area contributed by atoms with E-state index in [1.165, 1.54) is 17.5 Å². The van der Waals surface area contributed by atoms with Crippen LogP contribution in [0.25, 0.3) is 0 Å². The Hall–Kier alpha value is -1.43. The molecule has 1 unspecified atom stereocenters. The Kier molecular flexibility index (Phi) is 6.64. The van der Waals surface area contributed by atoms with Crippen molar-refractivity contribution in [1.29, 1.82) is 0 Å². The Morgan fingerprint density at radius 3 is 2.71 bits per heavy atom. The van der Waals surface area contributed by atoms with E-state index in [1.807, 2.05) is 18.6 Å². The molecule has 2 aromatic rings. The van der Waals surface area contributed by atoms with Gasteiger partial charge < -0.3 is 4.74 Å². The van der Waals surface area contributed by atoms with Gasteiger partial charge in [0, 0.05) is 37.6 Å². The van der Waals surface area contributed by atoms with E-state index in [1.54, 1.807) is 11.8 Å². The fourth-order valence-corrected chi connectivity index (χ4v) is 3.38. The number of aryl methyl sites for hydroxylation is 1. The quantitative estimate of drug-likeness (QED) is 0.569. The predicted octanol–water partition coefficient (Wildman–Crippen LogP) is 3.42. The Labute approximate surface area is 148 Å². The number of rotatable bonds is 7. The average molecular weight is 343 g/mol. The SMILES string of the molecule is CSc1ncc(CN2CCOC(CCCc3ccccc3)C2)cn1. The molecule has 2 heterocycles. The average Bonchev–Trinajstić information content (AvgIpc) is 2.64. The van der Waals surface area contributed by atoms with Crippen LogP contribution < -0.4 is 0 Å². The first-order chi connectivity index (χ1) is 11.8. The van der Waals surface area contributed by atoms with E-state index in [4.69, 9.17) is 4.74 Å². The number of benzene rings is 1. The van der Waals surface area contributed by atoms with Crippen LogP contribution in [-0.2, 0) is 17.7 Å². The number of morpholine rings is 1. The summed E-state index contributed by atoms with van der Waals surface area (Å²) < 4.78 is 5.94. The monoisotopic (exact) mass is 343 g/mol. The molecule has 0 N–H and O–H groups in total. The molecule has 1 saturated heterocycles. The van der Waals surface area contributed by atoms with Crippen LogP contribution in [0.15, 0.2) is 47.9 Å². The number of hydrogen-bond donors (Lipinski definition) is 0. The molecule has 24 heavy (non-hydrogen) atoms. The highest BCUT2D eigenvalue weighted by Crippen LogP contribution is 2.15. The Morgan fingerprint density at radius 1 is 1.17 bits per heavy atom. The van der Waals surface area contributed by atoms with Gasteiger partial charge in [-0.2, -0.15) is 0 Å². The molecule has 1 atom stereocenters. The number of thioether (sulfide) groups is 1. The zero-order chi connectivity index (χ0) is 16.6. The second-order valence-electron chi connectivity index (χ2n) is 6.18. The van der Waals surface area contributed by atoms with Crippen molar-refractivity contribution in [1.82, 2.24) is 14.9 Å². The van der Waals surface area contributed by atoms with Crippen LogP contribution in [0.5, 0.6) is 0 Å². The fourth-order valence-electron chi connectivity index (χ4n) is 3.07. The molecule has 0 bridgehead atoms. The van der Waals surface area contributed by atoms with E-state index in [0.29, 0.717) is 6.10 Å². The van der Waals surface area contributed by atoms with E-state index >= 15 is 0 Å². The molecule has 1 aliphatic rings. The Balaban J connectivity index is 1.43.